The predicted octanol–water partition coefficient (Wildman–Crippen LogP) is 5.63. The summed E-state index contributed by atoms with van der Waals surface area (Å²) in [6.45, 7) is 17.6. The summed E-state index contributed by atoms with van der Waals surface area (Å²) in [5.41, 5.74) is -5.43. The summed E-state index contributed by atoms with van der Waals surface area (Å²) in [6, 6.07) is 0. The molecule has 0 heterocycles. The van der Waals surface area contributed by atoms with Gasteiger partial charge < -0.3 is 13.0 Å². The van der Waals surface area contributed by atoms with Crippen molar-refractivity contribution in [1.29, 1.82) is 0 Å². The summed E-state index contributed by atoms with van der Waals surface area (Å²) < 4.78 is 78.1. The molecule has 1 fully saturated rings. The first kappa shape index (κ1) is 25.9. The lowest BCUT2D eigenvalue weighted by Gasteiger charge is -2.40. The Morgan fingerprint density at radius 1 is 1.10 bits per heavy atom. The third-order valence-electron chi connectivity index (χ3n) is 6.38. The Morgan fingerprint density at radius 2 is 1.67 bits per heavy atom. The average molecular weight is 489 g/mol. The van der Waals surface area contributed by atoms with Gasteiger partial charge in [0, 0.05) is 18.9 Å². The largest absolute Gasteiger partial charge is 0.534 e. The Labute approximate surface area is 180 Å². The van der Waals surface area contributed by atoms with E-state index in [1.807, 2.05) is 0 Å². The highest BCUT2D eigenvalue weighted by atomic mass is 32.2. The van der Waals surface area contributed by atoms with Crippen molar-refractivity contribution in [3.05, 3.63) is 11.8 Å². The molecule has 5 nitrogen and oxygen atoms in total. The Bertz CT molecular complexity index is 767. The van der Waals surface area contributed by atoms with Gasteiger partial charge in [-0.15, -0.1) is 0 Å². The van der Waals surface area contributed by atoms with Crippen molar-refractivity contribution in [1.82, 2.24) is 0 Å². The molecule has 2 aliphatic rings. The van der Waals surface area contributed by atoms with Crippen LogP contribution in [-0.4, -0.2) is 43.3 Å². The molecule has 0 aliphatic heterocycles. The van der Waals surface area contributed by atoms with Crippen molar-refractivity contribution in [3.8, 4) is 0 Å². The van der Waals surface area contributed by atoms with E-state index >= 15 is 0 Å². The summed E-state index contributed by atoms with van der Waals surface area (Å²) in [4.78, 5) is 0. The summed E-state index contributed by atoms with van der Waals surface area (Å²) >= 11 is 0. The molecule has 0 spiro atoms. The molecule has 0 bridgehead atoms. The van der Waals surface area contributed by atoms with Crippen molar-refractivity contribution < 1.29 is 34.6 Å². The van der Waals surface area contributed by atoms with Gasteiger partial charge in [-0.1, -0.05) is 20.8 Å². The second-order valence-corrected chi connectivity index (χ2v) is 21.7. The van der Waals surface area contributed by atoms with Gasteiger partial charge >= 0.3 is 15.6 Å². The van der Waals surface area contributed by atoms with Gasteiger partial charge in [0.1, 0.15) is 5.76 Å². The van der Waals surface area contributed by atoms with Crippen LogP contribution in [0.15, 0.2) is 11.8 Å². The molecule has 0 amide bonds. The van der Waals surface area contributed by atoms with Gasteiger partial charge in [-0.2, -0.15) is 21.6 Å². The highest BCUT2D eigenvalue weighted by Crippen LogP contribution is 2.51. The molecule has 0 aromatic rings. The molecule has 0 aromatic heterocycles. The maximum atomic E-state index is 12.7. The van der Waals surface area contributed by atoms with E-state index in [1.54, 1.807) is 6.08 Å². The average Bonchev–Trinajstić information content (AvgIpc) is 2.97. The number of rotatable bonds is 7. The third kappa shape index (κ3) is 5.90. The molecule has 1 saturated carbocycles. The van der Waals surface area contributed by atoms with E-state index < -0.39 is 32.3 Å². The Hall–Kier alpha value is -0.366. The van der Waals surface area contributed by atoms with Crippen LogP contribution in [0.4, 0.5) is 13.2 Å². The molecule has 0 radical (unpaired) electrons. The molecule has 176 valence electrons. The quantitative estimate of drug-likeness (QED) is 0.264. The van der Waals surface area contributed by atoms with E-state index in [0.29, 0.717) is 13.0 Å². The van der Waals surface area contributed by atoms with Gasteiger partial charge in [-0.3, -0.25) is 0 Å². The summed E-state index contributed by atoms with van der Waals surface area (Å²) in [5.74, 6) is -0.254. The van der Waals surface area contributed by atoms with Crippen molar-refractivity contribution in [2.45, 2.75) is 83.0 Å². The summed E-state index contributed by atoms with van der Waals surface area (Å²) in [6.07, 6.45) is 2.27. The lowest BCUT2D eigenvalue weighted by molar-refractivity contribution is -0.0524. The fraction of sp³-hybridized carbons (Fsp3) is 0.895. The summed E-state index contributed by atoms with van der Waals surface area (Å²) in [5, 5.41) is 0.0276. The van der Waals surface area contributed by atoms with E-state index in [-0.39, 0.29) is 41.1 Å². The number of hydrogen-bond donors (Lipinski definition) is 0. The smallest absolute Gasteiger partial charge is 0.417 e. The van der Waals surface area contributed by atoms with Crippen LogP contribution in [0.5, 0.6) is 0 Å². The van der Waals surface area contributed by atoms with E-state index in [9.17, 15) is 21.6 Å². The SMILES string of the molecule is CC(C)(C)[Si](C)(C)O[C@@H]1C[C@@H]2C=C(OS(=O)(=O)C(F)(F)F)C[C@@H]2[C@H]1CO[Si](C)(C)C. The molecular weight excluding hydrogens is 453 g/mol. The molecule has 11 heteroatoms. The van der Waals surface area contributed by atoms with Crippen LogP contribution in [0.2, 0.25) is 37.8 Å². The Morgan fingerprint density at radius 3 is 2.13 bits per heavy atom. The Balaban J connectivity index is 2.22. The minimum Gasteiger partial charge on any atom is -0.417 e. The number of halogens is 3. The number of hydrogen-bond acceptors (Lipinski definition) is 5. The van der Waals surface area contributed by atoms with Crippen LogP contribution in [0.1, 0.15) is 33.6 Å². The van der Waals surface area contributed by atoms with Crippen LogP contribution >= 0.6 is 0 Å². The van der Waals surface area contributed by atoms with E-state index in [0.717, 1.165) is 0 Å². The van der Waals surface area contributed by atoms with Gasteiger partial charge in [-0.05, 0) is 62.1 Å². The minimum atomic E-state index is -5.64. The van der Waals surface area contributed by atoms with Crippen molar-refractivity contribution in [2.75, 3.05) is 6.61 Å². The first-order valence-corrected chi connectivity index (χ1v) is 18.0. The molecule has 30 heavy (non-hydrogen) atoms. The second kappa shape index (κ2) is 8.20. The van der Waals surface area contributed by atoms with E-state index in [1.165, 1.54) is 0 Å². The zero-order valence-corrected chi connectivity index (χ0v) is 21.9. The number of fused-ring (bicyclic) bond motifs is 1. The maximum absolute atomic E-state index is 12.7. The first-order valence-electron chi connectivity index (χ1n) is 10.3. The zero-order chi connectivity index (χ0) is 23.3. The molecular formula is C19H35F3O5SSi2. The monoisotopic (exact) mass is 488 g/mol. The van der Waals surface area contributed by atoms with Crippen molar-refractivity contribution in [2.24, 2.45) is 17.8 Å². The molecule has 2 aliphatic carbocycles. The van der Waals surface area contributed by atoms with Crippen LogP contribution in [-0.2, 0) is 23.2 Å². The number of allylic oxidation sites excluding steroid dienone is 2. The molecule has 0 unspecified atom stereocenters. The minimum absolute atomic E-state index is 0.0122. The number of alkyl halides is 3. The standard InChI is InChI=1S/C19H35F3O5SSi2/c1-18(2,3)30(7,8)27-17-10-13-9-14(26-28(23,24)19(20,21)22)11-15(13)16(17)12-25-29(4,5)6/h9,13,15-17H,10-12H2,1-8H3/t13-,15-,16+,17+/m0/s1. The van der Waals surface area contributed by atoms with Crippen LogP contribution < -0.4 is 0 Å². The molecule has 0 N–H and O–H groups in total. The van der Waals surface area contributed by atoms with Gasteiger partial charge in [0.15, 0.2) is 16.6 Å². The zero-order valence-electron chi connectivity index (χ0n) is 19.1. The van der Waals surface area contributed by atoms with Gasteiger partial charge in [0.05, 0.1) is 6.10 Å². The van der Waals surface area contributed by atoms with Crippen LogP contribution in [0.25, 0.3) is 0 Å². The molecule has 0 saturated heterocycles. The fourth-order valence-electron chi connectivity index (χ4n) is 3.76. The lowest BCUT2D eigenvalue weighted by Crippen LogP contribution is -2.46. The fourth-order valence-corrected chi connectivity index (χ4v) is 6.34. The third-order valence-corrected chi connectivity index (χ3v) is 12.9. The highest BCUT2D eigenvalue weighted by molar-refractivity contribution is 7.87. The first-order chi connectivity index (χ1) is 13.2. The molecule has 2 rings (SSSR count). The second-order valence-electron chi connectivity index (χ2n) is 10.9. The normalized spacial score (nSPS) is 28.4. The Kier molecular flexibility index (Phi) is 7.08. The summed E-state index contributed by atoms with van der Waals surface area (Å²) in [7, 11) is -9.51. The van der Waals surface area contributed by atoms with Gasteiger partial charge in [0.25, 0.3) is 0 Å². The van der Waals surface area contributed by atoms with E-state index in [2.05, 4.69) is 57.7 Å². The predicted molar refractivity (Wildman–Crippen MR) is 115 cm³/mol. The topological polar surface area (TPSA) is 61.8 Å². The maximum Gasteiger partial charge on any atom is 0.534 e. The molecule has 4 atom stereocenters. The van der Waals surface area contributed by atoms with Crippen LogP contribution in [0.3, 0.4) is 0 Å². The van der Waals surface area contributed by atoms with Gasteiger partial charge in [-0.25, -0.2) is 0 Å². The van der Waals surface area contributed by atoms with E-state index in [4.69, 9.17) is 8.85 Å². The van der Waals surface area contributed by atoms with Gasteiger partial charge in [0.2, 0.25) is 0 Å². The molecule has 0 aromatic carbocycles. The highest BCUT2D eigenvalue weighted by Gasteiger charge is 2.53. The lowest BCUT2D eigenvalue weighted by atomic mass is 9.91. The van der Waals surface area contributed by atoms with Crippen molar-refractivity contribution in [3.63, 3.8) is 0 Å². The van der Waals surface area contributed by atoms with Crippen molar-refractivity contribution >= 4 is 26.8 Å². The van der Waals surface area contributed by atoms with Crippen LogP contribution in [0, 0.1) is 17.8 Å².